The van der Waals surface area contributed by atoms with Crippen molar-refractivity contribution in [2.24, 2.45) is 5.92 Å². The van der Waals surface area contributed by atoms with Gasteiger partial charge in [-0.1, -0.05) is 26.2 Å². The second-order valence-electron chi connectivity index (χ2n) is 4.63. The molecule has 1 heterocycles. The van der Waals surface area contributed by atoms with Gasteiger partial charge in [-0.15, -0.1) is 5.10 Å². The highest BCUT2D eigenvalue weighted by Crippen LogP contribution is 2.33. The Morgan fingerprint density at radius 3 is 3.12 bits per heavy atom. The maximum Gasteiger partial charge on any atom is 0.377 e. The SMILES string of the molecule is CCC1CCCC(n2cnc(C(=O)OC)n2)C1. The number of ether oxygens (including phenoxy) is 1. The van der Waals surface area contributed by atoms with Crippen LogP contribution in [0.25, 0.3) is 0 Å². The molecule has 0 amide bonds. The molecule has 1 aliphatic carbocycles. The van der Waals surface area contributed by atoms with Crippen molar-refractivity contribution in [2.45, 2.75) is 45.1 Å². The summed E-state index contributed by atoms with van der Waals surface area (Å²) in [5, 5.41) is 4.20. The zero-order valence-electron chi connectivity index (χ0n) is 10.4. The predicted molar refractivity (Wildman–Crippen MR) is 62.6 cm³/mol. The van der Waals surface area contributed by atoms with Gasteiger partial charge in [0.1, 0.15) is 6.33 Å². The van der Waals surface area contributed by atoms with Crippen molar-refractivity contribution in [3.63, 3.8) is 0 Å². The number of hydrogen-bond donors (Lipinski definition) is 0. The molecule has 0 saturated heterocycles. The topological polar surface area (TPSA) is 57.0 Å². The summed E-state index contributed by atoms with van der Waals surface area (Å²) in [6.07, 6.45) is 7.67. The third-order valence-electron chi connectivity index (χ3n) is 3.58. The van der Waals surface area contributed by atoms with Crippen molar-refractivity contribution >= 4 is 5.97 Å². The van der Waals surface area contributed by atoms with Crippen LogP contribution < -0.4 is 0 Å². The lowest BCUT2D eigenvalue weighted by Crippen LogP contribution is -2.19. The number of rotatable bonds is 3. The van der Waals surface area contributed by atoms with Crippen molar-refractivity contribution < 1.29 is 9.53 Å². The minimum atomic E-state index is -0.466. The highest BCUT2D eigenvalue weighted by molar-refractivity contribution is 5.84. The highest BCUT2D eigenvalue weighted by Gasteiger charge is 2.24. The monoisotopic (exact) mass is 237 g/mol. The van der Waals surface area contributed by atoms with E-state index in [1.54, 1.807) is 6.33 Å². The third kappa shape index (κ3) is 2.65. The van der Waals surface area contributed by atoms with Crippen LogP contribution in [0.3, 0.4) is 0 Å². The summed E-state index contributed by atoms with van der Waals surface area (Å²) in [6, 6.07) is 0.389. The van der Waals surface area contributed by atoms with Gasteiger partial charge in [0.25, 0.3) is 5.82 Å². The number of methoxy groups -OCH3 is 1. The molecule has 1 saturated carbocycles. The van der Waals surface area contributed by atoms with Crippen LogP contribution in [0.4, 0.5) is 0 Å². The Kier molecular flexibility index (Phi) is 3.76. The smallest absolute Gasteiger partial charge is 0.377 e. The number of esters is 1. The van der Waals surface area contributed by atoms with E-state index >= 15 is 0 Å². The Bertz CT molecular complexity index is 389. The van der Waals surface area contributed by atoms with E-state index in [4.69, 9.17) is 0 Å². The molecule has 5 heteroatoms. The molecule has 5 nitrogen and oxygen atoms in total. The van der Waals surface area contributed by atoms with Crippen molar-refractivity contribution in [3.8, 4) is 0 Å². The van der Waals surface area contributed by atoms with Crippen molar-refractivity contribution in [2.75, 3.05) is 7.11 Å². The molecule has 17 heavy (non-hydrogen) atoms. The number of carbonyl (C=O) groups is 1. The maximum absolute atomic E-state index is 11.3. The molecule has 0 aromatic carbocycles. The summed E-state index contributed by atoms with van der Waals surface area (Å²) in [6.45, 7) is 2.23. The molecule has 0 bridgehead atoms. The summed E-state index contributed by atoms with van der Waals surface area (Å²) in [4.78, 5) is 15.3. The Hall–Kier alpha value is -1.39. The zero-order chi connectivity index (χ0) is 12.3. The van der Waals surface area contributed by atoms with Crippen LogP contribution in [0, 0.1) is 5.92 Å². The van der Waals surface area contributed by atoms with Crippen LogP contribution in [0.2, 0.25) is 0 Å². The van der Waals surface area contributed by atoms with E-state index in [-0.39, 0.29) is 5.82 Å². The van der Waals surface area contributed by atoms with Gasteiger partial charge in [0, 0.05) is 0 Å². The van der Waals surface area contributed by atoms with E-state index in [2.05, 4.69) is 21.7 Å². The van der Waals surface area contributed by atoms with E-state index in [1.165, 1.54) is 26.4 Å². The largest absolute Gasteiger partial charge is 0.463 e. The minimum Gasteiger partial charge on any atom is -0.463 e. The van der Waals surface area contributed by atoms with E-state index in [0.29, 0.717) is 6.04 Å². The molecule has 94 valence electrons. The summed E-state index contributed by atoms with van der Waals surface area (Å²) in [7, 11) is 1.34. The lowest BCUT2D eigenvalue weighted by molar-refractivity contribution is 0.0586. The lowest BCUT2D eigenvalue weighted by atomic mass is 9.84. The molecule has 0 radical (unpaired) electrons. The number of aromatic nitrogens is 3. The van der Waals surface area contributed by atoms with Crippen molar-refractivity contribution in [3.05, 3.63) is 12.2 Å². The van der Waals surface area contributed by atoms with Gasteiger partial charge in [0.05, 0.1) is 13.2 Å². The van der Waals surface area contributed by atoms with Gasteiger partial charge < -0.3 is 4.74 Å². The Morgan fingerprint density at radius 2 is 2.41 bits per heavy atom. The van der Waals surface area contributed by atoms with Crippen LogP contribution in [0.15, 0.2) is 6.33 Å². The molecular weight excluding hydrogens is 218 g/mol. The molecule has 1 aromatic rings. The van der Waals surface area contributed by atoms with E-state index < -0.39 is 5.97 Å². The fraction of sp³-hybridized carbons (Fsp3) is 0.750. The first-order chi connectivity index (χ1) is 8.24. The van der Waals surface area contributed by atoms with Crippen LogP contribution in [-0.2, 0) is 4.74 Å². The van der Waals surface area contributed by atoms with Gasteiger partial charge in [-0.25, -0.2) is 14.5 Å². The fourth-order valence-corrected chi connectivity index (χ4v) is 2.51. The lowest BCUT2D eigenvalue weighted by Gasteiger charge is -2.28. The van der Waals surface area contributed by atoms with Crippen LogP contribution in [-0.4, -0.2) is 27.8 Å². The average Bonchev–Trinajstić information content (AvgIpc) is 2.87. The quantitative estimate of drug-likeness (QED) is 0.756. The summed E-state index contributed by atoms with van der Waals surface area (Å²) >= 11 is 0. The van der Waals surface area contributed by atoms with Crippen LogP contribution in [0.1, 0.15) is 55.7 Å². The molecule has 2 rings (SSSR count). The zero-order valence-corrected chi connectivity index (χ0v) is 10.4. The standard InChI is InChI=1S/C12H19N3O2/c1-3-9-5-4-6-10(7-9)15-8-13-11(14-15)12(16)17-2/h8-10H,3-7H2,1-2H3. The van der Waals surface area contributed by atoms with E-state index in [9.17, 15) is 4.79 Å². The molecule has 1 fully saturated rings. The average molecular weight is 237 g/mol. The van der Waals surface area contributed by atoms with Crippen molar-refractivity contribution in [1.29, 1.82) is 0 Å². The van der Waals surface area contributed by atoms with Crippen LogP contribution in [0.5, 0.6) is 0 Å². The minimum absolute atomic E-state index is 0.158. The fourth-order valence-electron chi connectivity index (χ4n) is 2.51. The Balaban J connectivity index is 2.06. The number of nitrogens with zero attached hydrogens (tertiary/aromatic N) is 3. The molecule has 0 aliphatic heterocycles. The summed E-state index contributed by atoms with van der Waals surface area (Å²) in [5.41, 5.74) is 0. The Morgan fingerprint density at radius 1 is 1.59 bits per heavy atom. The first kappa shape index (κ1) is 12.1. The van der Waals surface area contributed by atoms with E-state index in [1.807, 2.05) is 4.68 Å². The molecule has 0 N–H and O–H groups in total. The van der Waals surface area contributed by atoms with Gasteiger partial charge >= 0.3 is 5.97 Å². The number of carbonyl (C=O) groups excluding carboxylic acids is 1. The first-order valence-electron chi connectivity index (χ1n) is 6.24. The van der Waals surface area contributed by atoms with Gasteiger partial charge in [-0.3, -0.25) is 0 Å². The third-order valence-corrected chi connectivity index (χ3v) is 3.58. The molecular formula is C12H19N3O2. The Labute approximate surface area is 101 Å². The first-order valence-corrected chi connectivity index (χ1v) is 6.24. The molecule has 2 unspecified atom stereocenters. The highest BCUT2D eigenvalue weighted by atomic mass is 16.5. The summed E-state index contributed by atoms with van der Waals surface area (Å²) in [5.74, 6) is 0.470. The van der Waals surface area contributed by atoms with Crippen molar-refractivity contribution in [1.82, 2.24) is 14.8 Å². The summed E-state index contributed by atoms with van der Waals surface area (Å²) < 4.78 is 6.43. The second-order valence-corrected chi connectivity index (χ2v) is 4.63. The van der Waals surface area contributed by atoms with Gasteiger partial charge in [0.2, 0.25) is 0 Å². The van der Waals surface area contributed by atoms with Gasteiger partial charge in [0.15, 0.2) is 0 Å². The second kappa shape index (κ2) is 5.29. The molecule has 2 atom stereocenters. The molecule has 0 spiro atoms. The van der Waals surface area contributed by atoms with Gasteiger partial charge in [-0.2, -0.15) is 0 Å². The number of hydrogen-bond acceptors (Lipinski definition) is 4. The maximum atomic E-state index is 11.3. The predicted octanol–water partition coefficient (Wildman–Crippen LogP) is 2.21. The molecule has 1 aliphatic rings. The normalized spacial score (nSPS) is 24.6. The van der Waals surface area contributed by atoms with E-state index in [0.717, 1.165) is 18.8 Å². The molecule has 1 aromatic heterocycles. The van der Waals surface area contributed by atoms with Gasteiger partial charge in [-0.05, 0) is 18.8 Å². The van der Waals surface area contributed by atoms with Crippen LogP contribution >= 0.6 is 0 Å².